The maximum Gasteiger partial charge on any atom is 0.274 e. The molecule has 138 valence electrons. The van der Waals surface area contributed by atoms with Crippen LogP contribution < -0.4 is 15.4 Å². The molecule has 2 aromatic carbocycles. The van der Waals surface area contributed by atoms with Crippen molar-refractivity contribution in [2.75, 3.05) is 17.7 Å². The lowest BCUT2D eigenvalue weighted by Crippen LogP contribution is -2.15. The average molecular weight is 387 g/mol. The second kappa shape index (κ2) is 8.01. The minimum Gasteiger partial charge on any atom is -0.495 e. The summed E-state index contributed by atoms with van der Waals surface area (Å²) in [5, 5.41) is 6.09. The van der Waals surface area contributed by atoms with Crippen LogP contribution in [0.3, 0.4) is 0 Å². The number of anilines is 3. The predicted molar refractivity (Wildman–Crippen MR) is 102 cm³/mol. The van der Waals surface area contributed by atoms with Crippen molar-refractivity contribution in [3.63, 3.8) is 0 Å². The van der Waals surface area contributed by atoms with Gasteiger partial charge < -0.3 is 15.4 Å². The molecule has 3 aromatic rings. The number of rotatable bonds is 5. The number of carbonyl (C=O) groups is 1. The van der Waals surface area contributed by atoms with Gasteiger partial charge in [-0.3, -0.25) is 4.79 Å². The molecule has 0 aliphatic carbocycles. The summed E-state index contributed by atoms with van der Waals surface area (Å²) in [6.07, 6.45) is 1.22. The van der Waals surface area contributed by atoms with Gasteiger partial charge in [0.05, 0.1) is 18.5 Å². The van der Waals surface area contributed by atoms with E-state index in [1.54, 1.807) is 30.3 Å². The highest BCUT2D eigenvalue weighted by atomic mass is 35.5. The van der Waals surface area contributed by atoms with Crippen LogP contribution in [0.4, 0.5) is 21.6 Å². The molecule has 1 aromatic heterocycles. The fourth-order valence-electron chi connectivity index (χ4n) is 2.37. The average Bonchev–Trinajstić information content (AvgIpc) is 2.66. The lowest BCUT2D eigenvalue weighted by molar-refractivity contribution is 0.102. The summed E-state index contributed by atoms with van der Waals surface area (Å²) in [7, 11) is 1.48. The third kappa shape index (κ3) is 4.32. The summed E-state index contributed by atoms with van der Waals surface area (Å²) < 4.78 is 19.0. The van der Waals surface area contributed by atoms with Gasteiger partial charge in [0.2, 0.25) is 0 Å². The van der Waals surface area contributed by atoms with Crippen molar-refractivity contribution in [3.8, 4) is 5.75 Å². The van der Waals surface area contributed by atoms with E-state index in [0.717, 1.165) is 5.56 Å². The first kappa shape index (κ1) is 18.6. The summed E-state index contributed by atoms with van der Waals surface area (Å²) in [5.41, 5.74) is 1.61. The van der Waals surface area contributed by atoms with Crippen molar-refractivity contribution in [1.82, 2.24) is 9.97 Å². The van der Waals surface area contributed by atoms with E-state index in [1.807, 2.05) is 6.92 Å². The highest BCUT2D eigenvalue weighted by Crippen LogP contribution is 2.31. The van der Waals surface area contributed by atoms with E-state index < -0.39 is 11.7 Å². The van der Waals surface area contributed by atoms with E-state index >= 15 is 0 Å². The van der Waals surface area contributed by atoms with Crippen molar-refractivity contribution in [2.45, 2.75) is 6.92 Å². The van der Waals surface area contributed by atoms with E-state index in [-0.39, 0.29) is 11.4 Å². The highest BCUT2D eigenvalue weighted by Gasteiger charge is 2.14. The topological polar surface area (TPSA) is 76.1 Å². The van der Waals surface area contributed by atoms with Crippen LogP contribution in [0.1, 0.15) is 16.1 Å². The Morgan fingerprint density at radius 3 is 2.67 bits per heavy atom. The van der Waals surface area contributed by atoms with Crippen LogP contribution in [0, 0.1) is 12.7 Å². The number of aromatic nitrogens is 2. The normalized spacial score (nSPS) is 10.4. The van der Waals surface area contributed by atoms with Gasteiger partial charge in [-0.25, -0.2) is 14.4 Å². The minimum atomic E-state index is -0.464. The number of benzene rings is 2. The predicted octanol–water partition coefficient (Wildman–Crippen LogP) is 4.58. The number of ether oxygens (including phenoxy) is 1. The molecule has 0 saturated heterocycles. The van der Waals surface area contributed by atoms with Gasteiger partial charge in [-0.1, -0.05) is 23.7 Å². The largest absolute Gasteiger partial charge is 0.495 e. The summed E-state index contributed by atoms with van der Waals surface area (Å²) in [6.45, 7) is 1.82. The first-order valence-corrected chi connectivity index (χ1v) is 8.35. The number of halogens is 2. The molecule has 0 saturated carbocycles. The lowest BCUT2D eigenvalue weighted by atomic mass is 10.2. The molecule has 0 radical (unpaired) electrons. The third-order valence-corrected chi connectivity index (χ3v) is 4.17. The third-order valence-electron chi connectivity index (χ3n) is 3.77. The maximum atomic E-state index is 13.8. The number of carbonyl (C=O) groups excluding carboxylic acids is 1. The molecule has 27 heavy (non-hydrogen) atoms. The summed E-state index contributed by atoms with van der Waals surface area (Å²) in [6, 6.07) is 10.9. The van der Waals surface area contributed by atoms with Crippen LogP contribution in [-0.2, 0) is 0 Å². The molecule has 6 nitrogen and oxygen atoms in total. The van der Waals surface area contributed by atoms with Crippen molar-refractivity contribution in [2.24, 2.45) is 0 Å². The van der Waals surface area contributed by atoms with Gasteiger partial charge in [-0.05, 0) is 30.7 Å². The smallest absolute Gasteiger partial charge is 0.274 e. The lowest BCUT2D eigenvalue weighted by Gasteiger charge is -2.12. The van der Waals surface area contributed by atoms with Crippen LogP contribution in [0.5, 0.6) is 5.75 Å². The van der Waals surface area contributed by atoms with Gasteiger partial charge in [-0.15, -0.1) is 0 Å². The molecule has 3 rings (SSSR count). The Balaban J connectivity index is 1.82. The summed E-state index contributed by atoms with van der Waals surface area (Å²) in [5.74, 6) is -0.172. The molecule has 0 bridgehead atoms. The Hall–Kier alpha value is -3.19. The molecule has 0 spiro atoms. The minimum absolute atomic E-state index is 0.110. The molecular weight excluding hydrogens is 371 g/mol. The molecule has 0 unspecified atom stereocenters. The number of amides is 1. The Morgan fingerprint density at radius 1 is 1.15 bits per heavy atom. The zero-order chi connectivity index (χ0) is 19.4. The zero-order valence-electron chi connectivity index (χ0n) is 14.6. The van der Waals surface area contributed by atoms with Crippen molar-refractivity contribution in [1.29, 1.82) is 0 Å². The number of nitrogens with zero attached hydrogens (tertiary/aromatic N) is 2. The van der Waals surface area contributed by atoms with Crippen molar-refractivity contribution < 1.29 is 13.9 Å². The number of aryl methyl sites for hydroxylation is 1. The molecule has 2 N–H and O–H groups in total. The van der Waals surface area contributed by atoms with Crippen LogP contribution in [0.25, 0.3) is 0 Å². The quantitative estimate of drug-likeness (QED) is 0.671. The standard InChI is InChI=1S/C19H16ClFN4O2/c1-11-7-15(17(27-2)8-12(11)20)25-19(26)16-9-18(23-10-22-16)24-14-6-4-3-5-13(14)21/h3-10H,1-2H3,(H,25,26)(H,22,23,24). The molecule has 0 fully saturated rings. The highest BCUT2D eigenvalue weighted by molar-refractivity contribution is 6.31. The second-order valence-electron chi connectivity index (χ2n) is 5.65. The van der Waals surface area contributed by atoms with Crippen LogP contribution in [0.2, 0.25) is 5.02 Å². The number of hydrogen-bond acceptors (Lipinski definition) is 5. The van der Waals surface area contributed by atoms with Crippen LogP contribution in [-0.4, -0.2) is 23.0 Å². The summed E-state index contributed by atoms with van der Waals surface area (Å²) >= 11 is 6.08. The van der Waals surface area contributed by atoms with E-state index in [1.165, 1.54) is 25.6 Å². The van der Waals surface area contributed by atoms with Crippen molar-refractivity contribution in [3.05, 3.63) is 70.9 Å². The number of hydrogen-bond donors (Lipinski definition) is 2. The number of para-hydroxylation sites is 1. The molecule has 0 aliphatic heterocycles. The maximum absolute atomic E-state index is 13.8. The zero-order valence-corrected chi connectivity index (χ0v) is 15.3. The first-order chi connectivity index (χ1) is 13.0. The van der Waals surface area contributed by atoms with Gasteiger partial charge in [0, 0.05) is 17.2 Å². The van der Waals surface area contributed by atoms with E-state index in [0.29, 0.717) is 22.3 Å². The van der Waals surface area contributed by atoms with Gasteiger partial charge in [0.25, 0.3) is 5.91 Å². The van der Waals surface area contributed by atoms with Gasteiger partial charge in [0.15, 0.2) is 0 Å². The summed E-state index contributed by atoms with van der Waals surface area (Å²) in [4.78, 5) is 20.5. The number of methoxy groups -OCH3 is 1. The monoisotopic (exact) mass is 386 g/mol. The Kier molecular flexibility index (Phi) is 5.52. The molecule has 8 heteroatoms. The van der Waals surface area contributed by atoms with Crippen molar-refractivity contribution >= 4 is 34.7 Å². The van der Waals surface area contributed by atoms with Gasteiger partial charge in [0.1, 0.15) is 29.4 Å². The molecular formula is C19H16ClFN4O2. The van der Waals surface area contributed by atoms with Gasteiger partial charge in [-0.2, -0.15) is 0 Å². The van der Waals surface area contributed by atoms with Crippen LogP contribution in [0.15, 0.2) is 48.8 Å². The molecule has 0 aliphatic rings. The Labute approximate surface area is 160 Å². The fourth-order valence-corrected chi connectivity index (χ4v) is 2.52. The van der Waals surface area contributed by atoms with Crippen LogP contribution >= 0.6 is 11.6 Å². The first-order valence-electron chi connectivity index (χ1n) is 7.97. The molecule has 1 amide bonds. The Bertz CT molecular complexity index is 997. The Morgan fingerprint density at radius 2 is 1.93 bits per heavy atom. The molecule has 1 heterocycles. The van der Waals surface area contributed by atoms with Gasteiger partial charge >= 0.3 is 0 Å². The number of nitrogens with one attached hydrogen (secondary N) is 2. The van der Waals surface area contributed by atoms with E-state index in [9.17, 15) is 9.18 Å². The fraction of sp³-hybridized carbons (Fsp3) is 0.105. The van der Waals surface area contributed by atoms with E-state index in [4.69, 9.17) is 16.3 Å². The molecule has 0 atom stereocenters. The second-order valence-corrected chi connectivity index (χ2v) is 6.06. The SMILES string of the molecule is COc1cc(Cl)c(C)cc1NC(=O)c1cc(Nc2ccccc2F)ncn1. The van der Waals surface area contributed by atoms with E-state index in [2.05, 4.69) is 20.6 Å².